The molecule has 6 nitrogen and oxygen atoms in total. The lowest BCUT2D eigenvalue weighted by Crippen LogP contribution is -2.25. The van der Waals surface area contributed by atoms with Crippen molar-refractivity contribution in [1.29, 1.82) is 0 Å². The average molecular weight is 288 g/mol. The number of nitrogens with one attached hydrogen (secondary N) is 1. The standard InChI is InChI=1S/C11H13FN2O4S/c12-10-7-9(3-4-11(10)14(15)16)19(17,18)13-6-5-8-1-2-8/h3-4,7-8,13H,1-2,5-6H2. The van der Waals surface area contributed by atoms with Crippen molar-refractivity contribution in [2.24, 2.45) is 5.92 Å². The van der Waals surface area contributed by atoms with Crippen LogP contribution < -0.4 is 4.72 Å². The van der Waals surface area contributed by atoms with Gasteiger partial charge in [0.1, 0.15) is 0 Å². The van der Waals surface area contributed by atoms with Gasteiger partial charge >= 0.3 is 5.69 Å². The van der Waals surface area contributed by atoms with E-state index in [2.05, 4.69) is 4.72 Å². The molecular weight excluding hydrogens is 275 g/mol. The molecule has 19 heavy (non-hydrogen) atoms. The van der Waals surface area contributed by atoms with E-state index in [9.17, 15) is 22.9 Å². The van der Waals surface area contributed by atoms with Gasteiger partial charge in [-0.2, -0.15) is 4.39 Å². The first-order chi connectivity index (χ1) is 8.90. The number of nitro groups is 1. The van der Waals surface area contributed by atoms with Gasteiger partial charge in [-0.05, 0) is 18.4 Å². The first-order valence-electron chi connectivity index (χ1n) is 5.84. The Bertz CT molecular complexity index is 599. The van der Waals surface area contributed by atoms with Gasteiger partial charge in [0, 0.05) is 18.7 Å². The van der Waals surface area contributed by atoms with Gasteiger partial charge in [-0.15, -0.1) is 0 Å². The highest BCUT2D eigenvalue weighted by molar-refractivity contribution is 7.89. The van der Waals surface area contributed by atoms with E-state index in [-0.39, 0.29) is 4.90 Å². The zero-order valence-electron chi connectivity index (χ0n) is 10.0. The van der Waals surface area contributed by atoms with Crippen LogP contribution in [-0.2, 0) is 10.0 Å². The van der Waals surface area contributed by atoms with E-state index in [1.165, 1.54) is 0 Å². The van der Waals surface area contributed by atoms with Crippen LogP contribution in [0.1, 0.15) is 19.3 Å². The zero-order chi connectivity index (χ0) is 14.0. The Morgan fingerprint density at radius 2 is 2.11 bits per heavy atom. The number of rotatable bonds is 6. The van der Waals surface area contributed by atoms with Crippen molar-refractivity contribution in [1.82, 2.24) is 4.72 Å². The van der Waals surface area contributed by atoms with Crippen LogP contribution in [0.15, 0.2) is 23.1 Å². The maximum Gasteiger partial charge on any atom is 0.304 e. The van der Waals surface area contributed by atoms with E-state index in [1.54, 1.807) is 0 Å². The van der Waals surface area contributed by atoms with Crippen molar-refractivity contribution in [2.75, 3.05) is 6.54 Å². The van der Waals surface area contributed by atoms with Crippen molar-refractivity contribution in [3.63, 3.8) is 0 Å². The Kier molecular flexibility index (Phi) is 3.81. The molecule has 0 aliphatic heterocycles. The van der Waals surface area contributed by atoms with Gasteiger partial charge in [0.25, 0.3) is 0 Å². The number of sulfonamides is 1. The van der Waals surface area contributed by atoms with Crippen LogP contribution in [0.5, 0.6) is 0 Å². The predicted molar refractivity (Wildman–Crippen MR) is 65.6 cm³/mol. The smallest absolute Gasteiger partial charge is 0.258 e. The molecule has 1 aliphatic carbocycles. The monoisotopic (exact) mass is 288 g/mol. The first kappa shape index (κ1) is 13.9. The van der Waals surface area contributed by atoms with Crippen LogP contribution in [0.25, 0.3) is 0 Å². The molecular formula is C11H13FN2O4S. The molecule has 0 saturated heterocycles. The van der Waals surface area contributed by atoms with Crippen LogP contribution in [0, 0.1) is 21.8 Å². The summed E-state index contributed by atoms with van der Waals surface area (Å²) in [7, 11) is -3.81. The lowest BCUT2D eigenvalue weighted by Gasteiger charge is -2.06. The summed E-state index contributed by atoms with van der Waals surface area (Å²) in [5, 5.41) is 10.4. The Morgan fingerprint density at radius 1 is 1.42 bits per heavy atom. The molecule has 0 atom stereocenters. The molecule has 0 unspecified atom stereocenters. The minimum atomic E-state index is -3.81. The largest absolute Gasteiger partial charge is 0.304 e. The molecule has 2 rings (SSSR count). The van der Waals surface area contributed by atoms with Gasteiger partial charge in [0.2, 0.25) is 15.8 Å². The minimum absolute atomic E-state index is 0.297. The van der Waals surface area contributed by atoms with Crippen molar-refractivity contribution in [3.05, 3.63) is 34.1 Å². The Labute approximate surface area is 109 Å². The van der Waals surface area contributed by atoms with Crippen LogP contribution in [0.2, 0.25) is 0 Å². The fraction of sp³-hybridized carbons (Fsp3) is 0.455. The highest BCUT2D eigenvalue weighted by atomic mass is 32.2. The molecule has 0 bridgehead atoms. The van der Waals surface area contributed by atoms with Gasteiger partial charge in [-0.3, -0.25) is 10.1 Å². The second kappa shape index (κ2) is 5.22. The fourth-order valence-corrected chi connectivity index (χ4v) is 2.75. The molecule has 1 saturated carbocycles. The van der Waals surface area contributed by atoms with Crippen LogP contribution in [-0.4, -0.2) is 19.9 Å². The molecule has 8 heteroatoms. The van der Waals surface area contributed by atoms with Gasteiger partial charge in [0.15, 0.2) is 0 Å². The van der Waals surface area contributed by atoms with Gasteiger partial charge < -0.3 is 0 Å². The summed E-state index contributed by atoms with van der Waals surface area (Å²) < 4.78 is 39.4. The second-order valence-electron chi connectivity index (χ2n) is 4.50. The Morgan fingerprint density at radius 3 is 2.63 bits per heavy atom. The molecule has 1 aliphatic rings. The number of nitrogens with zero attached hydrogens (tertiary/aromatic N) is 1. The second-order valence-corrected chi connectivity index (χ2v) is 6.27. The third kappa shape index (κ3) is 3.48. The summed E-state index contributed by atoms with van der Waals surface area (Å²) in [5.41, 5.74) is -0.739. The third-order valence-electron chi connectivity index (χ3n) is 2.97. The van der Waals surface area contributed by atoms with E-state index in [0.717, 1.165) is 31.4 Å². The quantitative estimate of drug-likeness (QED) is 0.638. The van der Waals surface area contributed by atoms with E-state index >= 15 is 0 Å². The summed E-state index contributed by atoms with van der Waals surface area (Å²) in [6.45, 7) is 0.297. The van der Waals surface area contributed by atoms with E-state index in [0.29, 0.717) is 18.5 Å². The lowest BCUT2D eigenvalue weighted by atomic mass is 10.3. The number of halogens is 1. The normalized spacial score (nSPS) is 15.4. The topological polar surface area (TPSA) is 89.3 Å². The highest BCUT2D eigenvalue weighted by Gasteiger charge is 2.23. The molecule has 0 amide bonds. The zero-order valence-corrected chi connectivity index (χ0v) is 10.8. The van der Waals surface area contributed by atoms with Crippen molar-refractivity contribution >= 4 is 15.7 Å². The number of hydrogen-bond donors (Lipinski definition) is 1. The molecule has 0 spiro atoms. The minimum Gasteiger partial charge on any atom is -0.258 e. The molecule has 0 radical (unpaired) electrons. The summed E-state index contributed by atoms with van der Waals surface area (Å²) in [5.74, 6) is -0.577. The van der Waals surface area contributed by atoms with Gasteiger partial charge in [-0.25, -0.2) is 13.1 Å². The number of hydrogen-bond acceptors (Lipinski definition) is 4. The maximum absolute atomic E-state index is 13.4. The number of benzene rings is 1. The maximum atomic E-state index is 13.4. The van der Waals surface area contributed by atoms with Crippen LogP contribution in [0.4, 0.5) is 10.1 Å². The van der Waals surface area contributed by atoms with E-state index in [4.69, 9.17) is 0 Å². The molecule has 1 aromatic carbocycles. The molecule has 0 heterocycles. The predicted octanol–water partition coefficient (Wildman–Crippen LogP) is 1.81. The molecule has 1 N–H and O–H groups in total. The van der Waals surface area contributed by atoms with Crippen molar-refractivity contribution in [3.8, 4) is 0 Å². The SMILES string of the molecule is O=[N+]([O-])c1ccc(S(=O)(=O)NCCC2CC2)cc1F. The first-order valence-corrected chi connectivity index (χ1v) is 7.32. The van der Waals surface area contributed by atoms with Crippen LogP contribution >= 0.6 is 0 Å². The number of nitro benzene ring substituents is 1. The summed E-state index contributed by atoms with van der Waals surface area (Å²) in [6, 6.07) is 2.54. The molecule has 1 fully saturated rings. The average Bonchev–Trinajstić information content (AvgIpc) is 3.12. The molecule has 0 aromatic heterocycles. The lowest BCUT2D eigenvalue weighted by molar-refractivity contribution is -0.387. The van der Waals surface area contributed by atoms with Gasteiger partial charge in [0.05, 0.1) is 9.82 Å². The fourth-order valence-electron chi connectivity index (χ4n) is 1.69. The van der Waals surface area contributed by atoms with E-state index in [1.807, 2.05) is 0 Å². The highest BCUT2D eigenvalue weighted by Crippen LogP contribution is 2.31. The van der Waals surface area contributed by atoms with Crippen molar-refractivity contribution in [2.45, 2.75) is 24.2 Å². The van der Waals surface area contributed by atoms with Gasteiger partial charge in [-0.1, -0.05) is 12.8 Å². The Hall–Kier alpha value is -1.54. The summed E-state index contributed by atoms with van der Waals surface area (Å²) in [6.07, 6.45) is 3.00. The molecule has 1 aromatic rings. The van der Waals surface area contributed by atoms with Crippen molar-refractivity contribution < 1.29 is 17.7 Å². The van der Waals surface area contributed by atoms with E-state index < -0.39 is 26.5 Å². The van der Waals surface area contributed by atoms with Crippen LogP contribution in [0.3, 0.4) is 0 Å². The molecule has 104 valence electrons. The summed E-state index contributed by atoms with van der Waals surface area (Å²) in [4.78, 5) is 9.24. The Balaban J connectivity index is 2.10. The third-order valence-corrected chi connectivity index (χ3v) is 4.43. The summed E-state index contributed by atoms with van der Waals surface area (Å²) >= 11 is 0.